The molecule has 2 aromatic rings. The predicted octanol–water partition coefficient (Wildman–Crippen LogP) is 2.58. The number of nitro benzene ring substituents is 1. The molecule has 8 nitrogen and oxygen atoms in total. The first-order chi connectivity index (χ1) is 12.5. The number of fused-ring (bicyclic) bond motifs is 1. The fourth-order valence-electron chi connectivity index (χ4n) is 2.67. The minimum Gasteiger partial charge on any atom is -0.426 e. The van der Waals surface area contributed by atoms with Crippen LogP contribution in [0.4, 0.5) is 5.69 Å². The SMILES string of the molecule is O=C(CCCN1C(=O)c2ccccc2C1=O)Oc1cccc([N+](=O)[O-])c1. The van der Waals surface area contributed by atoms with Crippen molar-refractivity contribution in [1.82, 2.24) is 4.90 Å². The summed E-state index contributed by atoms with van der Waals surface area (Å²) in [5, 5.41) is 10.7. The molecular weight excluding hydrogens is 340 g/mol. The molecule has 0 unspecified atom stereocenters. The molecule has 132 valence electrons. The first-order valence-electron chi connectivity index (χ1n) is 7.88. The van der Waals surface area contributed by atoms with Crippen LogP contribution in [0.15, 0.2) is 48.5 Å². The number of amides is 2. The third kappa shape index (κ3) is 3.44. The largest absolute Gasteiger partial charge is 0.426 e. The number of non-ortho nitro benzene ring substituents is 1. The highest BCUT2D eigenvalue weighted by Crippen LogP contribution is 2.23. The van der Waals surface area contributed by atoms with Gasteiger partial charge in [-0.1, -0.05) is 18.2 Å². The number of hydrogen-bond donors (Lipinski definition) is 0. The minimum atomic E-state index is -0.595. The molecule has 0 radical (unpaired) electrons. The van der Waals surface area contributed by atoms with Crippen LogP contribution in [0.3, 0.4) is 0 Å². The monoisotopic (exact) mass is 354 g/mol. The van der Waals surface area contributed by atoms with Crippen molar-refractivity contribution in [3.05, 3.63) is 69.8 Å². The lowest BCUT2D eigenvalue weighted by atomic mass is 10.1. The maximum Gasteiger partial charge on any atom is 0.311 e. The van der Waals surface area contributed by atoms with Crippen molar-refractivity contribution in [3.8, 4) is 5.75 Å². The van der Waals surface area contributed by atoms with E-state index in [1.54, 1.807) is 24.3 Å². The zero-order chi connectivity index (χ0) is 18.7. The van der Waals surface area contributed by atoms with Crippen LogP contribution >= 0.6 is 0 Å². The smallest absolute Gasteiger partial charge is 0.311 e. The number of esters is 1. The number of carbonyl (C=O) groups is 3. The molecule has 26 heavy (non-hydrogen) atoms. The van der Waals surface area contributed by atoms with Gasteiger partial charge in [0, 0.05) is 19.0 Å². The molecule has 1 heterocycles. The van der Waals surface area contributed by atoms with Gasteiger partial charge in [0.05, 0.1) is 22.1 Å². The van der Waals surface area contributed by atoms with E-state index in [1.807, 2.05) is 0 Å². The Hall–Kier alpha value is -3.55. The maximum atomic E-state index is 12.2. The van der Waals surface area contributed by atoms with Crippen molar-refractivity contribution in [3.63, 3.8) is 0 Å². The number of nitro groups is 1. The Balaban J connectivity index is 1.53. The third-order valence-electron chi connectivity index (χ3n) is 3.90. The maximum absolute atomic E-state index is 12.2. The Morgan fingerprint density at radius 1 is 1.04 bits per heavy atom. The highest BCUT2D eigenvalue weighted by Gasteiger charge is 2.34. The molecule has 0 aromatic heterocycles. The van der Waals surface area contributed by atoms with Crippen molar-refractivity contribution in [1.29, 1.82) is 0 Å². The van der Waals surface area contributed by atoms with Gasteiger partial charge in [-0.25, -0.2) is 0 Å². The van der Waals surface area contributed by atoms with Crippen LogP contribution in [0.25, 0.3) is 0 Å². The number of benzene rings is 2. The number of imide groups is 1. The van der Waals surface area contributed by atoms with Crippen molar-refractivity contribution in [2.24, 2.45) is 0 Å². The molecule has 0 saturated heterocycles. The summed E-state index contributed by atoms with van der Waals surface area (Å²) in [5.74, 6) is -1.28. The molecule has 1 aliphatic rings. The Bertz CT molecular complexity index is 873. The van der Waals surface area contributed by atoms with Gasteiger partial charge in [-0.2, -0.15) is 0 Å². The van der Waals surface area contributed by atoms with Crippen molar-refractivity contribution < 1.29 is 24.0 Å². The number of nitrogens with zero attached hydrogens (tertiary/aromatic N) is 2. The van der Waals surface area contributed by atoms with Crippen LogP contribution in [0.5, 0.6) is 5.75 Å². The van der Waals surface area contributed by atoms with E-state index in [0.29, 0.717) is 11.1 Å². The van der Waals surface area contributed by atoms with Crippen LogP contribution in [0, 0.1) is 10.1 Å². The molecular formula is C18H14N2O6. The summed E-state index contributed by atoms with van der Waals surface area (Å²) in [6, 6.07) is 11.8. The molecule has 0 atom stereocenters. The third-order valence-corrected chi connectivity index (χ3v) is 3.90. The minimum absolute atomic E-state index is 0.0316. The average Bonchev–Trinajstić information content (AvgIpc) is 2.87. The van der Waals surface area contributed by atoms with Gasteiger partial charge in [0.25, 0.3) is 17.5 Å². The Morgan fingerprint density at radius 2 is 1.69 bits per heavy atom. The fraction of sp³-hybridized carbons (Fsp3) is 0.167. The lowest BCUT2D eigenvalue weighted by Gasteiger charge is -2.13. The number of rotatable bonds is 6. The summed E-state index contributed by atoms with van der Waals surface area (Å²) in [5.41, 5.74) is 0.537. The van der Waals surface area contributed by atoms with Crippen molar-refractivity contribution in [2.75, 3.05) is 6.54 Å². The van der Waals surface area contributed by atoms with Gasteiger partial charge in [0.2, 0.25) is 0 Å². The summed E-state index contributed by atoms with van der Waals surface area (Å²) in [6.45, 7) is 0.0936. The molecule has 0 N–H and O–H groups in total. The summed E-state index contributed by atoms with van der Waals surface area (Å²) in [4.78, 5) is 47.5. The van der Waals surface area contributed by atoms with Crippen LogP contribution in [0.1, 0.15) is 33.6 Å². The van der Waals surface area contributed by atoms with Gasteiger partial charge >= 0.3 is 5.97 Å². The van der Waals surface area contributed by atoms with Gasteiger partial charge in [-0.15, -0.1) is 0 Å². The van der Waals surface area contributed by atoms with E-state index >= 15 is 0 Å². The molecule has 1 aliphatic heterocycles. The highest BCUT2D eigenvalue weighted by molar-refractivity contribution is 6.21. The van der Waals surface area contributed by atoms with E-state index < -0.39 is 10.9 Å². The van der Waals surface area contributed by atoms with E-state index in [9.17, 15) is 24.5 Å². The zero-order valence-corrected chi connectivity index (χ0v) is 13.6. The molecule has 0 bridgehead atoms. The quantitative estimate of drug-likeness (QED) is 0.259. The highest BCUT2D eigenvalue weighted by atomic mass is 16.6. The first kappa shape index (κ1) is 17.3. The van der Waals surface area contributed by atoms with E-state index in [4.69, 9.17) is 4.74 Å². The molecule has 2 amide bonds. The zero-order valence-electron chi connectivity index (χ0n) is 13.6. The lowest BCUT2D eigenvalue weighted by Crippen LogP contribution is -2.31. The van der Waals surface area contributed by atoms with Crippen LogP contribution in [-0.4, -0.2) is 34.2 Å². The lowest BCUT2D eigenvalue weighted by molar-refractivity contribution is -0.384. The topological polar surface area (TPSA) is 107 Å². The van der Waals surface area contributed by atoms with Gasteiger partial charge in [-0.05, 0) is 24.6 Å². The summed E-state index contributed by atoms with van der Waals surface area (Å²) in [6.07, 6.45) is 0.204. The summed E-state index contributed by atoms with van der Waals surface area (Å²) in [7, 11) is 0. The van der Waals surface area contributed by atoms with Gasteiger partial charge < -0.3 is 4.74 Å². The predicted molar refractivity (Wildman–Crippen MR) is 89.8 cm³/mol. The number of hydrogen-bond acceptors (Lipinski definition) is 6. The fourth-order valence-corrected chi connectivity index (χ4v) is 2.67. The Kier molecular flexibility index (Phi) is 4.74. The average molecular weight is 354 g/mol. The van der Waals surface area contributed by atoms with Gasteiger partial charge in [-0.3, -0.25) is 29.4 Å². The van der Waals surface area contributed by atoms with E-state index in [2.05, 4.69) is 0 Å². The van der Waals surface area contributed by atoms with Gasteiger partial charge in [0.1, 0.15) is 5.75 Å². The van der Waals surface area contributed by atoms with Crippen molar-refractivity contribution >= 4 is 23.5 Å². The standard InChI is InChI=1S/C18H14N2O6/c21-16(26-13-6-3-5-12(11-13)20(24)25)9-4-10-19-17(22)14-7-1-2-8-15(14)18(19)23/h1-3,5-8,11H,4,9-10H2. The second kappa shape index (κ2) is 7.14. The first-order valence-corrected chi connectivity index (χ1v) is 7.88. The molecule has 2 aromatic carbocycles. The molecule has 0 spiro atoms. The Morgan fingerprint density at radius 3 is 2.31 bits per heavy atom. The van der Waals surface area contributed by atoms with Crippen LogP contribution in [0.2, 0.25) is 0 Å². The molecule has 0 fully saturated rings. The second-order valence-electron chi connectivity index (χ2n) is 5.64. The molecule has 0 saturated carbocycles. The van der Waals surface area contributed by atoms with Crippen LogP contribution < -0.4 is 4.74 Å². The molecule has 0 aliphatic carbocycles. The summed E-state index contributed by atoms with van der Waals surface area (Å²) < 4.78 is 5.05. The number of ether oxygens (including phenoxy) is 1. The van der Waals surface area contributed by atoms with Crippen molar-refractivity contribution in [2.45, 2.75) is 12.8 Å². The van der Waals surface area contributed by atoms with Gasteiger partial charge in [0.15, 0.2) is 0 Å². The van der Waals surface area contributed by atoms with E-state index in [0.717, 1.165) is 11.0 Å². The molecule has 8 heteroatoms. The van der Waals surface area contributed by atoms with Crippen LogP contribution in [-0.2, 0) is 4.79 Å². The number of carbonyl (C=O) groups excluding carboxylic acids is 3. The van der Waals surface area contributed by atoms with E-state index in [1.165, 1.54) is 18.2 Å². The second-order valence-corrected chi connectivity index (χ2v) is 5.64. The molecule has 3 rings (SSSR count). The Labute approximate surface area is 148 Å². The van der Waals surface area contributed by atoms with E-state index in [-0.39, 0.29) is 42.6 Å². The normalized spacial score (nSPS) is 12.8. The summed E-state index contributed by atoms with van der Waals surface area (Å²) >= 11 is 0.